The second-order valence-corrected chi connectivity index (χ2v) is 5.39. The fourth-order valence-corrected chi connectivity index (χ4v) is 2.84. The summed E-state index contributed by atoms with van der Waals surface area (Å²) in [5.41, 5.74) is 0. The predicted octanol–water partition coefficient (Wildman–Crippen LogP) is 3.46. The maximum atomic E-state index is 2.63. The second kappa shape index (κ2) is 5.69. The molecule has 15 heavy (non-hydrogen) atoms. The van der Waals surface area contributed by atoms with Crippen LogP contribution < -0.4 is 0 Å². The minimum absolute atomic E-state index is 0.833. The van der Waals surface area contributed by atoms with Crippen LogP contribution in [-0.2, 0) is 0 Å². The smallest absolute Gasteiger partial charge is 0.00183 e. The Labute approximate surface area is 94.5 Å². The molecule has 1 nitrogen and oxygen atoms in total. The minimum atomic E-state index is 0.833. The lowest BCUT2D eigenvalue weighted by atomic mass is 9.87. The molecule has 0 aromatic heterocycles. The molecule has 0 spiro atoms. The van der Waals surface area contributed by atoms with E-state index in [-0.39, 0.29) is 0 Å². The quantitative estimate of drug-likeness (QED) is 0.638. The molecule has 1 aliphatic heterocycles. The summed E-state index contributed by atoms with van der Waals surface area (Å²) in [5.74, 6) is 1.73. The highest BCUT2D eigenvalue weighted by Gasteiger charge is 2.14. The fourth-order valence-electron chi connectivity index (χ4n) is 2.84. The normalized spacial score (nSPS) is 32.3. The van der Waals surface area contributed by atoms with Gasteiger partial charge in [0, 0.05) is 0 Å². The van der Waals surface area contributed by atoms with Crippen LogP contribution in [0.15, 0.2) is 12.2 Å². The van der Waals surface area contributed by atoms with Crippen molar-refractivity contribution in [3.63, 3.8) is 0 Å². The molecular formula is C14H25N. The van der Waals surface area contributed by atoms with Crippen molar-refractivity contribution in [2.24, 2.45) is 11.8 Å². The van der Waals surface area contributed by atoms with Gasteiger partial charge in [-0.25, -0.2) is 0 Å². The zero-order valence-electron chi connectivity index (χ0n) is 10.1. The average Bonchev–Trinajstić information content (AvgIpc) is 2.74. The molecule has 1 heterocycles. The van der Waals surface area contributed by atoms with Gasteiger partial charge in [-0.1, -0.05) is 19.1 Å². The number of allylic oxidation sites excluding steroid dienone is 2. The Kier molecular flexibility index (Phi) is 4.25. The summed E-state index contributed by atoms with van der Waals surface area (Å²) in [7, 11) is 0. The molecule has 0 saturated carbocycles. The Bertz CT molecular complexity index is 203. The third-order valence-electron chi connectivity index (χ3n) is 3.95. The molecule has 2 rings (SSSR count). The van der Waals surface area contributed by atoms with Crippen LogP contribution in [0.4, 0.5) is 0 Å². The van der Waals surface area contributed by atoms with Gasteiger partial charge in [-0.15, -0.1) is 0 Å². The number of hydrogen-bond donors (Lipinski definition) is 0. The van der Waals surface area contributed by atoms with Gasteiger partial charge < -0.3 is 4.90 Å². The van der Waals surface area contributed by atoms with Crippen LogP contribution in [0.3, 0.4) is 0 Å². The number of nitrogens with zero attached hydrogens (tertiary/aromatic N) is 1. The molecule has 0 aromatic rings. The zero-order chi connectivity index (χ0) is 10.5. The van der Waals surface area contributed by atoms with E-state index in [4.69, 9.17) is 0 Å². The number of likely N-dealkylation sites (tertiary alicyclic amines) is 1. The van der Waals surface area contributed by atoms with Crippen molar-refractivity contribution in [2.45, 2.75) is 45.4 Å². The van der Waals surface area contributed by atoms with Gasteiger partial charge in [-0.3, -0.25) is 0 Å². The van der Waals surface area contributed by atoms with Gasteiger partial charge in [-0.2, -0.15) is 0 Å². The number of rotatable bonds is 4. The van der Waals surface area contributed by atoms with Crippen LogP contribution in [0.25, 0.3) is 0 Å². The van der Waals surface area contributed by atoms with E-state index >= 15 is 0 Å². The molecule has 1 unspecified atom stereocenters. The SMILES string of the molecule is CC1C=C[C@H](CCCN2CCCC2)CC1. The maximum Gasteiger partial charge on any atom is -0.00183 e. The van der Waals surface area contributed by atoms with Crippen LogP contribution in [0, 0.1) is 11.8 Å². The van der Waals surface area contributed by atoms with Gasteiger partial charge in [0.2, 0.25) is 0 Å². The Hall–Kier alpha value is -0.300. The lowest BCUT2D eigenvalue weighted by molar-refractivity contribution is 0.316. The predicted molar refractivity (Wildman–Crippen MR) is 65.9 cm³/mol. The van der Waals surface area contributed by atoms with E-state index in [1.54, 1.807) is 0 Å². The van der Waals surface area contributed by atoms with Crippen molar-refractivity contribution in [3.05, 3.63) is 12.2 Å². The molecule has 0 aromatic carbocycles. The third kappa shape index (κ3) is 3.64. The molecule has 0 bridgehead atoms. The highest BCUT2D eigenvalue weighted by atomic mass is 15.1. The highest BCUT2D eigenvalue weighted by Crippen LogP contribution is 2.25. The van der Waals surface area contributed by atoms with Gasteiger partial charge >= 0.3 is 0 Å². The van der Waals surface area contributed by atoms with Gasteiger partial charge in [0.15, 0.2) is 0 Å². The molecule has 1 aliphatic carbocycles. The standard InChI is InChI=1S/C14H25N/c1-13-6-8-14(9-7-13)5-4-12-15-10-2-3-11-15/h6,8,13-14H,2-5,7,9-12H2,1H3/t13?,14-/m0/s1. The highest BCUT2D eigenvalue weighted by molar-refractivity contribution is 4.96. The van der Waals surface area contributed by atoms with Gasteiger partial charge in [-0.05, 0) is 70.0 Å². The van der Waals surface area contributed by atoms with Crippen LogP contribution in [-0.4, -0.2) is 24.5 Å². The van der Waals surface area contributed by atoms with E-state index < -0.39 is 0 Å². The second-order valence-electron chi connectivity index (χ2n) is 5.39. The molecule has 86 valence electrons. The Morgan fingerprint density at radius 2 is 1.93 bits per heavy atom. The van der Waals surface area contributed by atoms with Gasteiger partial charge in [0.1, 0.15) is 0 Å². The topological polar surface area (TPSA) is 3.24 Å². The van der Waals surface area contributed by atoms with Crippen molar-refractivity contribution in [2.75, 3.05) is 19.6 Å². The summed E-state index contributed by atoms with van der Waals surface area (Å²) >= 11 is 0. The summed E-state index contributed by atoms with van der Waals surface area (Å²) < 4.78 is 0. The minimum Gasteiger partial charge on any atom is -0.303 e. The van der Waals surface area contributed by atoms with E-state index in [2.05, 4.69) is 24.0 Å². The first-order valence-corrected chi connectivity index (χ1v) is 6.75. The summed E-state index contributed by atoms with van der Waals surface area (Å²) in [6, 6.07) is 0. The summed E-state index contributed by atoms with van der Waals surface area (Å²) in [6.07, 6.45) is 13.4. The molecule has 1 saturated heterocycles. The van der Waals surface area contributed by atoms with E-state index in [1.807, 2.05) is 0 Å². The molecule has 2 aliphatic rings. The summed E-state index contributed by atoms with van der Waals surface area (Å²) in [5, 5.41) is 0. The van der Waals surface area contributed by atoms with Gasteiger partial charge in [0.05, 0.1) is 0 Å². The first-order valence-electron chi connectivity index (χ1n) is 6.75. The van der Waals surface area contributed by atoms with E-state index in [0.29, 0.717) is 0 Å². The average molecular weight is 207 g/mol. The molecule has 0 amide bonds. The van der Waals surface area contributed by atoms with Crippen LogP contribution >= 0.6 is 0 Å². The van der Waals surface area contributed by atoms with E-state index in [9.17, 15) is 0 Å². The van der Waals surface area contributed by atoms with Crippen LogP contribution in [0.2, 0.25) is 0 Å². The summed E-state index contributed by atoms with van der Waals surface area (Å²) in [4.78, 5) is 2.63. The first-order chi connectivity index (χ1) is 7.34. The maximum absolute atomic E-state index is 2.63. The number of hydrogen-bond acceptors (Lipinski definition) is 1. The van der Waals surface area contributed by atoms with Crippen molar-refractivity contribution < 1.29 is 0 Å². The molecule has 0 N–H and O–H groups in total. The van der Waals surface area contributed by atoms with Gasteiger partial charge in [0.25, 0.3) is 0 Å². The molecular weight excluding hydrogens is 182 g/mol. The lowest BCUT2D eigenvalue weighted by Gasteiger charge is -2.21. The van der Waals surface area contributed by atoms with Crippen LogP contribution in [0.1, 0.15) is 45.4 Å². The Balaban J connectivity index is 1.59. The molecule has 1 heteroatoms. The van der Waals surface area contributed by atoms with Crippen LogP contribution in [0.5, 0.6) is 0 Å². The lowest BCUT2D eigenvalue weighted by Crippen LogP contribution is -2.21. The third-order valence-corrected chi connectivity index (χ3v) is 3.95. The largest absolute Gasteiger partial charge is 0.303 e. The summed E-state index contributed by atoms with van der Waals surface area (Å²) in [6.45, 7) is 6.39. The first kappa shape index (κ1) is 11.2. The molecule has 1 fully saturated rings. The van der Waals surface area contributed by atoms with Crippen molar-refractivity contribution in [1.29, 1.82) is 0 Å². The zero-order valence-corrected chi connectivity index (χ0v) is 10.1. The molecule has 2 atom stereocenters. The fraction of sp³-hybridized carbons (Fsp3) is 0.857. The van der Waals surface area contributed by atoms with Crippen molar-refractivity contribution in [3.8, 4) is 0 Å². The Morgan fingerprint density at radius 3 is 2.60 bits per heavy atom. The van der Waals surface area contributed by atoms with Crippen molar-refractivity contribution in [1.82, 2.24) is 4.90 Å². The van der Waals surface area contributed by atoms with Crippen molar-refractivity contribution >= 4 is 0 Å². The van der Waals surface area contributed by atoms with E-state index in [1.165, 1.54) is 58.2 Å². The molecule has 0 radical (unpaired) electrons. The van der Waals surface area contributed by atoms with E-state index in [0.717, 1.165) is 11.8 Å². The Morgan fingerprint density at radius 1 is 1.13 bits per heavy atom. The monoisotopic (exact) mass is 207 g/mol.